The van der Waals surface area contributed by atoms with Crippen molar-refractivity contribution in [2.24, 2.45) is 0 Å². The van der Waals surface area contributed by atoms with Gasteiger partial charge in [0, 0.05) is 0 Å². The molecule has 0 saturated carbocycles. The van der Waals surface area contributed by atoms with Crippen molar-refractivity contribution in [3.05, 3.63) is 0 Å². The summed E-state index contributed by atoms with van der Waals surface area (Å²) in [5, 5.41) is 5.85. The summed E-state index contributed by atoms with van der Waals surface area (Å²) in [5.74, 6) is 0. The Balaban J connectivity index is 0. The minimum Gasteiger partial charge on any atom is -0.326 e. The van der Waals surface area contributed by atoms with E-state index in [9.17, 15) is 9.13 Å². The van der Waals surface area contributed by atoms with Crippen LogP contribution in [0.2, 0.25) is 0 Å². The molecule has 6 N–H and O–H groups in total. The van der Waals surface area contributed by atoms with E-state index in [1.807, 2.05) is 0 Å². The fourth-order valence-electron chi connectivity index (χ4n) is 0.258. The molecule has 2 unspecified atom stereocenters. The predicted molar refractivity (Wildman–Crippen MR) is 48.5 cm³/mol. The van der Waals surface area contributed by atoms with Gasteiger partial charge in [-0.2, -0.15) is 4.67 Å². The van der Waals surface area contributed by atoms with Crippen molar-refractivity contribution in [2.45, 2.75) is 12.3 Å². The number of rotatable bonds is 3. The molecule has 0 aliphatic rings. The molecule has 0 aliphatic carbocycles. The Morgan fingerprint density at radius 2 is 1.47 bits per heavy atom. The van der Waals surface area contributed by atoms with Gasteiger partial charge in [-0.1, -0.05) is 0 Å². The summed E-state index contributed by atoms with van der Waals surface area (Å²) in [4.78, 5) is 39.5. The first-order valence-electron chi connectivity index (χ1n) is 3.08. The van der Waals surface area contributed by atoms with E-state index in [2.05, 4.69) is 4.67 Å². The van der Waals surface area contributed by atoms with Gasteiger partial charge in [0.15, 0.2) is 5.40 Å². The lowest BCUT2D eigenvalue weighted by atomic mass is 11.0. The van der Waals surface area contributed by atoms with E-state index in [1.54, 1.807) is 0 Å². The van der Waals surface area contributed by atoms with Crippen LogP contribution in [0.25, 0.3) is 0 Å². The molecule has 2 atom stereocenters. The lowest BCUT2D eigenvalue weighted by molar-refractivity contribution is -0.146. The molecule has 0 amide bonds. The maximum absolute atomic E-state index is 10.5. The highest BCUT2D eigenvalue weighted by atomic mass is 31.2. The summed E-state index contributed by atoms with van der Waals surface area (Å²) < 4.78 is 32.6. The van der Waals surface area contributed by atoms with Crippen LogP contribution in [0.15, 0.2) is 0 Å². The summed E-state index contributed by atoms with van der Waals surface area (Å²) >= 11 is 0. The van der Waals surface area contributed by atoms with E-state index in [1.165, 1.54) is 0 Å². The third kappa shape index (κ3) is 9.35. The molecule has 0 rings (SSSR count). The molecule has 0 aromatic rings. The average molecular weight is 288 g/mol. The molecule has 0 aromatic heterocycles. The van der Waals surface area contributed by atoms with E-state index in [0.29, 0.717) is 0 Å². The van der Waals surface area contributed by atoms with Crippen LogP contribution in [0.5, 0.6) is 0 Å². The lowest BCUT2D eigenvalue weighted by Gasteiger charge is -2.15. The molecule has 13 heteroatoms. The van der Waals surface area contributed by atoms with Gasteiger partial charge in [-0.25, -0.2) is 5.26 Å². The fourth-order valence-corrected chi connectivity index (χ4v) is 2.04. The molecule has 0 heterocycles. The molecule has 15 heavy (non-hydrogen) atoms. The molecular formula is C2H11O10P3. The van der Waals surface area contributed by atoms with Crippen molar-refractivity contribution in [1.29, 1.82) is 0 Å². The van der Waals surface area contributed by atoms with Gasteiger partial charge >= 0.3 is 23.4 Å². The molecule has 0 aliphatic heterocycles. The van der Waals surface area contributed by atoms with Crippen molar-refractivity contribution in [3.8, 4) is 0 Å². The molecule has 10 nitrogen and oxygen atoms in total. The van der Waals surface area contributed by atoms with Gasteiger partial charge in [0.1, 0.15) is 0 Å². The topological polar surface area (TPSA) is 182 Å². The molecule has 0 radical (unpaired) electrons. The Bertz CT molecular complexity index is 287. The highest BCUT2D eigenvalue weighted by Gasteiger charge is 2.41. The van der Waals surface area contributed by atoms with Crippen LogP contribution >= 0.6 is 23.4 Å². The summed E-state index contributed by atoms with van der Waals surface area (Å²) in [6.45, 7) is 0.803. The largest absolute Gasteiger partial charge is 0.369 e. The molecule has 0 bridgehead atoms. The second-order valence-electron chi connectivity index (χ2n) is 2.15. The summed E-state index contributed by atoms with van der Waals surface area (Å²) in [7, 11) is -12.4. The van der Waals surface area contributed by atoms with Crippen LogP contribution < -0.4 is 0 Å². The van der Waals surface area contributed by atoms with Crippen LogP contribution in [-0.2, 0) is 18.4 Å². The lowest BCUT2D eigenvalue weighted by Crippen LogP contribution is -2.05. The van der Waals surface area contributed by atoms with Crippen LogP contribution in [0.3, 0.4) is 0 Å². The van der Waals surface area contributed by atoms with Crippen molar-refractivity contribution in [2.75, 3.05) is 0 Å². The van der Waals surface area contributed by atoms with E-state index < -0.39 is 28.8 Å². The molecular weight excluding hydrogens is 277 g/mol. The first-order valence-corrected chi connectivity index (χ1v) is 7.71. The second kappa shape index (κ2) is 6.88. The van der Waals surface area contributed by atoms with Crippen molar-refractivity contribution in [1.82, 2.24) is 0 Å². The van der Waals surface area contributed by atoms with E-state index in [0.717, 1.165) is 6.92 Å². The first kappa shape index (κ1) is 17.8. The normalized spacial score (nSPS) is 17.6. The highest BCUT2D eigenvalue weighted by Crippen LogP contribution is 2.61. The van der Waals surface area contributed by atoms with Gasteiger partial charge in [-0.15, -0.1) is 0 Å². The van der Waals surface area contributed by atoms with Gasteiger partial charge in [0.2, 0.25) is 0 Å². The Hall–Kier alpha value is 0.410. The Morgan fingerprint density at radius 3 is 1.53 bits per heavy atom. The zero-order valence-electron chi connectivity index (χ0n) is 7.29. The van der Waals surface area contributed by atoms with Crippen LogP contribution in [0, 0.1) is 0 Å². The standard InChI is InChI=1S/C2H8O7P2.H3O3P/c1-2(10(4,5)6)11(7,8)9-3;1-4(2)3/h2-3H,1H3,(H,7,8)(H2,4,5,6);4H,(H2,1,2,3). The zero-order chi connectivity index (χ0) is 12.9. The van der Waals surface area contributed by atoms with Crippen LogP contribution in [0.4, 0.5) is 0 Å². The van der Waals surface area contributed by atoms with Crippen LogP contribution in [-0.4, -0.2) is 35.1 Å². The summed E-state index contributed by atoms with van der Waals surface area (Å²) in [5.41, 5.74) is 0. The summed E-state index contributed by atoms with van der Waals surface area (Å²) in [6, 6.07) is 0. The molecule has 0 fully saturated rings. The molecule has 94 valence electrons. The van der Waals surface area contributed by atoms with E-state index >= 15 is 0 Å². The minimum atomic E-state index is -4.69. The maximum atomic E-state index is 10.5. The monoisotopic (exact) mass is 288 g/mol. The minimum absolute atomic E-state index is 0.803. The third-order valence-electron chi connectivity index (χ3n) is 1.08. The third-order valence-corrected chi connectivity index (χ3v) is 5.01. The number of hydrogen-bond acceptors (Lipinski definition) is 5. The van der Waals surface area contributed by atoms with Crippen molar-refractivity contribution < 1.29 is 48.1 Å². The quantitative estimate of drug-likeness (QED) is 0.226. The molecule has 0 spiro atoms. The Labute approximate surface area is 84.7 Å². The smallest absolute Gasteiger partial charge is 0.326 e. The second-order valence-corrected chi connectivity index (χ2v) is 7.14. The zero-order valence-corrected chi connectivity index (χ0v) is 10.1. The van der Waals surface area contributed by atoms with Gasteiger partial charge in [-0.3, -0.25) is 13.7 Å². The average Bonchev–Trinajstić information content (AvgIpc) is 2.00. The van der Waals surface area contributed by atoms with Gasteiger partial charge in [0.25, 0.3) is 0 Å². The number of hydrogen-bond donors (Lipinski definition) is 6. The maximum Gasteiger partial charge on any atom is 0.369 e. The first-order chi connectivity index (χ1) is 6.45. The molecule has 0 aromatic carbocycles. The van der Waals surface area contributed by atoms with Gasteiger partial charge < -0.3 is 24.5 Å². The molecule has 0 saturated heterocycles. The Kier molecular flexibility index (Phi) is 8.16. The van der Waals surface area contributed by atoms with Gasteiger partial charge in [0.05, 0.1) is 0 Å². The Morgan fingerprint density at radius 1 is 1.20 bits per heavy atom. The van der Waals surface area contributed by atoms with Crippen LogP contribution in [0.1, 0.15) is 6.92 Å². The SMILES string of the molecule is CC(P(=O)(O)O)P(=O)(O)OO.O=[PH](O)O. The van der Waals surface area contributed by atoms with E-state index in [4.69, 9.17) is 34.3 Å². The van der Waals surface area contributed by atoms with E-state index in [-0.39, 0.29) is 0 Å². The predicted octanol–water partition coefficient (Wildman–Crippen LogP) is -0.454. The van der Waals surface area contributed by atoms with Gasteiger partial charge in [-0.05, 0) is 6.92 Å². The van der Waals surface area contributed by atoms with Crippen molar-refractivity contribution >= 4 is 23.4 Å². The summed E-state index contributed by atoms with van der Waals surface area (Å²) in [6.07, 6.45) is 0. The fraction of sp³-hybridized carbons (Fsp3) is 1.00. The van der Waals surface area contributed by atoms with Crippen molar-refractivity contribution in [3.63, 3.8) is 0 Å². The highest BCUT2D eigenvalue weighted by molar-refractivity contribution is 7.71.